The van der Waals surface area contributed by atoms with Crippen LogP contribution >= 0.6 is 0 Å². The third-order valence-electron chi connectivity index (χ3n) is 3.02. The maximum Gasteiger partial charge on any atom is 0.115 e. The molecule has 100 valence electrons. The predicted molar refractivity (Wildman–Crippen MR) is 76.3 cm³/mol. The molecule has 3 nitrogen and oxygen atoms in total. The molecule has 0 aromatic carbocycles. The molecule has 1 heterocycles. The first-order chi connectivity index (χ1) is 8.88. The topological polar surface area (TPSA) is 37.8 Å². The minimum Gasteiger partial charge on any atom is -0.310 e. The molecular formula is C15H25N3. The van der Waals surface area contributed by atoms with Crippen molar-refractivity contribution in [2.45, 2.75) is 51.5 Å². The molecule has 0 saturated heterocycles. The summed E-state index contributed by atoms with van der Waals surface area (Å²) in [4.78, 5) is 8.21. The highest BCUT2D eigenvalue weighted by molar-refractivity contribution is 5.08. The Morgan fingerprint density at radius 1 is 1.28 bits per heavy atom. The van der Waals surface area contributed by atoms with Crippen LogP contribution in [-0.4, -0.2) is 16.5 Å². The maximum absolute atomic E-state index is 4.11. The summed E-state index contributed by atoms with van der Waals surface area (Å²) in [6, 6.07) is 0.398. The van der Waals surface area contributed by atoms with Gasteiger partial charge in [0.2, 0.25) is 0 Å². The summed E-state index contributed by atoms with van der Waals surface area (Å²) in [6.07, 6.45) is 14.6. The molecule has 0 aliphatic carbocycles. The molecule has 18 heavy (non-hydrogen) atoms. The Bertz CT molecular complexity index is 311. The molecule has 0 amide bonds. The normalized spacial score (nSPS) is 12.3. The third-order valence-corrected chi connectivity index (χ3v) is 3.02. The van der Waals surface area contributed by atoms with E-state index < -0.39 is 0 Å². The molecule has 1 atom stereocenters. The molecule has 0 saturated carbocycles. The molecule has 1 unspecified atom stereocenters. The maximum atomic E-state index is 4.11. The van der Waals surface area contributed by atoms with Gasteiger partial charge in [-0.1, -0.05) is 25.8 Å². The molecule has 0 aliphatic heterocycles. The van der Waals surface area contributed by atoms with E-state index in [1.54, 1.807) is 6.33 Å². The van der Waals surface area contributed by atoms with Crippen LogP contribution in [0.5, 0.6) is 0 Å². The van der Waals surface area contributed by atoms with Crippen LogP contribution in [0, 0.1) is 0 Å². The quantitative estimate of drug-likeness (QED) is 0.506. The van der Waals surface area contributed by atoms with Crippen molar-refractivity contribution in [3.8, 4) is 0 Å². The lowest BCUT2D eigenvalue weighted by atomic mass is 10.0. The van der Waals surface area contributed by atoms with Crippen LogP contribution in [0.2, 0.25) is 0 Å². The Kier molecular flexibility index (Phi) is 8.06. The number of hydrogen-bond donors (Lipinski definition) is 1. The summed E-state index contributed by atoms with van der Waals surface area (Å²) in [5.41, 5.74) is 1.20. The van der Waals surface area contributed by atoms with Crippen molar-refractivity contribution in [3.05, 3.63) is 36.9 Å². The smallest absolute Gasteiger partial charge is 0.115 e. The van der Waals surface area contributed by atoms with Crippen LogP contribution in [0.3, 0.4) is 0 Å². The molecule has 1 aromatic rings. The zero-order chi connectivity index (χ0) is 13.1. The molecule has 1 rings (SSSR count). The second-order valence-electron chi connectivity index (χ2n) is 4.61. The highest BCUT2D eigenvalue weighted by Gasteiger charge is 2.10. The van der Waals surface area contributed by atoms with Gasteiger partial charge in [0.15, 0.2) is 0 Å². The molecule has 0 spiro atoms. The number of aromatic nitrogens is 2. The van der Waals surface area contributed by atoms with Crippen molar-refractivity contribution >= 4 is 0 Å². The number of nitrogens with zero attached hydrogens (tertiary/aromatic N) is 2. The number of unbranched alkanes of at least 4 members (excludes halogenated alkanes) is 3. The van der Waals surface area contributed by atoms with Crippen molar-refractivity contribution in [1.29, 1.82) is 0 Å². The van der Waals surface area contributed by atoms with Gasteiger partial charge >= 0.3 is 0 Å². The summed E-state index contributed by atoms with van der Waals surface area (Å²) in [7, 11) is 0. The summed E-state index contributed by atoms with van der Waals surface area (Å²) in [6.45, 7) is 6.99. The fourth-order valence-electron chi connectivity index (χ4n) is 2.01. The van der Waals surface area contributed by atoms with Gasteiger partial charge in [0.05, 0.1) is 0 Å². The molecule has 1 N–H and O–H groups in total. The van der Waals surface area contributed by atoms with Gasteiger partial charge < -0.3 is 5.32 Å². The summed E-state index contributed by atoms with van der Waals surface area (Å²) >= 11 is 0. The van der Waals surface area contributed by atoms with Gasteiger partial charge in [-0.3, -0.25) is 0 Å². The highest BCUT2D eigenvalue weighted by atomic mass is 14.9. The first kappa shape index (κ1) is 14.8. The second kappa shape index (κ2) is 9.77. The number of rotatable bonds is 10. The lowest BCUT2D eigenvalue weighted by Gasteiger charge is -2.18. The largest absolute Gasteiger partial charge is 0.310 e. The average molecular weight is 247 g/mol. The SMILES string of the molecule is C=CCCCCCC(NCCC)c1cncnc1. The number of allylic oxidation sites excluding steroid dienone is 1. The van der Waals surface area contributed by atoms with Crippen molar-refractivity contribution in [2.75, 3.05) is 6.54 Å². The van der Waals surface area contributed by atoms with Crippen LogP contribution in [-0.2, 0) is 0 Å². The van der Waals surface area contributed by atoms with Crippen LogP contribution in [0.25, 0.3) is 0 Å². The van der Waals surface area contributed by atoms with E-state index in [1.807, 2.05) is 18.5 Å². The molecule has 0 aliphatic rings. The van der Waals surface area contributed by atoms with E-state index in [1.165, 1.54) is 24.8 Å². The van der Waals surface area contributed by atoms with Gasteiger partial charge in [0.1, 0.15) is 6.33 Å². The fourth-order valence-corrected chi connectivity index (χ4v) is 2.01. The molecule has 3 heteroatoms. The lowest BCUT2D eigenvalue weighted by molar-refractivity contribution is 0.470. The predicted octanol–water partition coefficient (Wildman–Crippen LogP) is 3.65. The molecule has 0 radical (unpaired) electrons. The van der Waals surface area contributed by atoms with E-state index in [0.717, 1.165) is 25.8 Å². The second-order valence-corrected chi connectivity index (χ2v) is 4.61. The van der Waals surface area contributed by atoms with Crippen molar-refractivity contribution in [2.24, 2.45) is 0 Å². The minimum absolute atomic E-state index is 0.398. The van der Waals surface area contributed by atoms with E-state index in [-0.39, 0.29) is 0 Å². The Morgan fingerprint density at radius 3 is 2.72 bits per heavy atom. The van der Waals surface area contributed by atoms with E-state index in [2.05, 4.69) is 28.8 Å². The molecule has 0 bridgehead atoms. The molecular weight excluding hydrogens is 222 g/mol. The Balaban J connectivity index is 2.38. The average Bonchev–Trinajstić information content (AvgIpc) is 2.43. The van der Waals surface area contributed by atoms with Gasteiger partial charge in [-0.05, 0) is 32.2 Å². The fraction of sp³-hybridized carbons (Fsp3) is 0.600. The zero-order valence-corrected chi connectivity index (χ0v) is 11.4. The van der Waals surface area contributed by atoms with E-state index in [0.29, 0.717) is 6.04 Å². The molecule has 1 aromatic heterocycles. The minimum atomic E-state index is 0.398. The lowest BCUT2D eigenvalue weighted by Crippen LogP contribution is -2.22. The van der Waals surface area contributed by atoms with Gasteiger partial charge in [-0.15, -0.1) is 6.58 Å². The number of nitrogens with one attached hydrogen (secondary N) is 1. The van der Waals surface area contributed by atoms with Gasteiger partial charge in [-0.2, -0.15) is 0 Å². The van der Waals surface area contributed by atoms with Gasteiger partial charge in [0, 0.05) is 24.0 Å². The highest BCUT2D eigenvalue weighted by Crippen LogP contribution is 2.18. The first-order valence-electron chi connectivity index (χ1n) is 6.97. The van der Waals surface area contributed by atoms with Crippen LogP contribution < -0.4 is 5.32 Å². The Morgan fingerprint density at radius 2 is 2.06 bits per heavy atom. The summed E-state index contributed by atoms with van der Waals surface area (Å²) in [5.74, 6) is 0. The summed E-state index contributed by atoms with van der Waals surface area (Å²) in [5, 5.41) is 3.58. The van der Waals surface area contributed by atoms with Crippen LogP contribution in [0.1, 0.15) is 57.1 Å². The van der Waals surface area contributed by atoms with E-state index in [4.69, 9.17) is 0 Å². The zero-order valence-electron chi connectivity index (χ0n) is 11.4. The van der Waals surface area contributed by atoms with Crippen molar-refractivity contribution in [3.63, 3.8) is 0 Å². The van der Waals surface area contributed by atoms with E-state index >= 15 is 0 Å². The van der Waals surface area contributed by atoms with E-state index in [9.17, 15) is 0 Å². The van der Waals surface area contributed by atoms with Crippen LogP contribution in [0.15, 0.2) is 31.4 Å². The third kappa shape index (κ3) is 5.92. The van der Waals surface area contributed by atoms with Gasteiger partial charge in [0.25, 0.3) is 0 Å². The number of hydrogen-bond acceptors (Lipinski definition) is 3. The Hall–Kier alpha value is -1.22. The molecule has 0 fully saturated rings. The van der Waals surface area contributed by atoms with Crippen molar-refractivity contribution in [1.82, 2.24) is 15.3 Å². The summed E-state index contributed by atoms with van der Waals surface area (Å²) < 4.78 is 0. The first-order valence-corrected chi connectivity index (χ1v) is 6.97. The van der Waals surface area contributed by atoms with Crippen molar-refractivity contribution < 1.29 is 0 Å². The standard InChI is InChI=1S/C15H25N3/c1-3-5-6-7-8-9-15(18-10-4-2)14-11-16-13-17-12-14/h3,11-13,15,18H,1,4-10H2,2H3. The monoisotopic (exact) mass is 247 g/mol. The van der Waals surface area contributed by atoms with Crippen LogP contribution in [0.4, 0.5) is 0 Å². The Labute approximate surface area is 111 Å². The van der Waals surface area contributed by atoms with Gasteiger partial charge in [-0.25, -0.2) is 9.97 Å².